The van der Waals surface area contributed by atoms with E-state index in [2.05, 4.69) is 4.90 Å². The van der Waals surface area contributed by atoms with Gasteiger partial charge in [-0.3, -0.25) is 4.90 Å². The lowest BCUT2D eigenvalue weighted by Gasteiger charge is -2.15. The minimum atomic E-state index is -0.181. The number of rotatable bonds is 4. The van der Waals surface area contributed by atoms with Gasteiger partial charge in [0.1, 0.15) is 5.82 Å². The Hall–Kier alpha value is -0.970. The molecule has 0 aliphatic carbocycles. The number of hydroxylamine groups is 1. The van der Waals surface area contributed by atoms with Crippen molar-refractivity contribution in [3.63, 3.8) is 0 Å². The summed E-state index contributed by atoms with van der Waals surface area (Å²) in [5.41, 5.74) is 3.52. The Kier molecular flexibility index (Phi) is 3.88. The van der Waals surface area contributed by atoms with Crippen LogP contribution in [0.4, 0.5) is 4.39 Å². The molecule has 0 bridgehead atoms. The van der Waals surface area contributed by atoms with Crippen LogP contribution in [0.1, 0.15) is 24.0 Å². The number of hydrogen-bond donors (Lipinski definition) is 2. The van der Waals surface area contributed by atoms with E-state index in [9.17, 15) is 4.39 Å². The SMILES string of the molecule is ONCc1ccc(CN2CCCC2)c(F)c1. The molecule has 1 aromatic carbocycles. The van der Waals surface area contributed by atoms with Crippen molar-refractivity contribution in [3.05, 3.63) is 35.1 Å². The first-order valence-corrected chi connectivity index (χ1v) is 5.66. The molecule has 1 saturated heterocycles. The van der Waals surface area contributed by atoms with Gasteiger partial charge in [0, 0.05) is 18.7 Å². The highest BCUT2D eigenvalue weighted by Crippen LogP contribution is 2.16. The van der Waals surface area contributed by atoms with Crippen LogP contribution in [0.5, 0.6) is 0 Å². The topological polar surface area (TPSA) is 35.5 Å². The van der Waals surface area contributed by atoms with E-state index in [0.29, 0.717) is 6.54 Å². The minimum absolute atomic E-state index is 0.181. The molecule has 0 spiro atoms. The fraction of sp³-hybridized carbons (Fsp3) is 0.500. The Bertz CT molecular complexity index is 351. The lowest BCUT2D eigenvalue weighted by molar-refractivity contribution is 0.161. The Morgan fingerprint density at radius 3 is 2.69 bits per heavy atom. The second-order valence-electron chi connectivity index (χ2n) is 4.24. The highest BCUT2D eigenvalue weighted by molar-refractivity contribution is 5.24. The molecule has 1 aromatic rings. The van der Waals surface area contributed by atoms with E-state index in [1.165, 1.54) is 18.9 Å². The second-order valence-corrected chi connectivity index (χ2v) is 4.24. The Labute approximate surface area is 94.8 Å². The first kappa shape index (κ1) is 11.5. The molecule has 0 saturated carbocycles. The molecule has 0 radical (unpaired) electrons. The van der Waals surface area contributed by atoms with Crippen molar-refractivity contribution in [3.8, 4) is 0 Å². The van der Waals surface area contributed by atoms with Crippen molar-refractivity contribution in [2.24, 2.45) is 0 Å². The second kappa shape index (κ2) is 5.39. The van der Waals surface area contributed by atoms with E-state index in [1.807, 2.05) is 11.5 Å². The Morgan fingerprint density at radius 2 is 2.06 bits per heavy atom. The monoisotopic (exact) mass is 224 g/mol. The Balaban J connectivity index is 2.03. The molecule has 4 heteroatoms. The predicted octanol–water partition coefficient (Wildman–Crippen LogP) is 1.90. The standard InChI is InChI=1S/C12H17FN2O/c13-12-7-10(8-14-16)3-4-11(12)9-15-5-1-2-6-15/h3-4,7,14,16H,1-2,5-6,8-9H2. The first-order chi connectivity index (χ1) is 7.79. The third kappa shape index (κ3) is 2.78. The molecule has 1 aliphatic heterocycles. The average molecular weight is 224 g/mol. The zero-order valence-corrected chi connectivity index (χ0v) is 9.25. The fourth-order valence-corrected chi connectivity index (χ4v) is 2.10. The van der Waals surface area contributed by atoms with Gasteiger partial charge in [0.2, 0.25) is 0 Å². The molecule has 2 rings (SSSR count). The zero-order valence-electron chi connectivity index (χ0n) is 9.25. The molecule has 1 fully saturated rings. The van der Waals surface area contributed by atoms with Crippen LogP contribution in [0, 0.1) is 5.82 Å². The maximum Gasteiger partial charge on any atom is 0.128 e. The highest BCUT2D eigenvalue weighted by Gasteiger charge is 2.13. The third-order valence-electron chi connectivity index (χ3n) is 2.99. The number of benzene rings is 1. The lowest BCUT2D eigenvalue weighted by Crippen LogP contribution is -2.19. The predicted molar refractivity (Wildman–Crippen MR) is 59.5 cm³/mol. The largest absolute Gasteiger partial charge is 0.316 e. The maximum absolute atomic E-state index is 13.7. The summed E-state index contributed by atoms with van der Waals surface area (Å²) in [6.07, 6.45) is 2.43. The van der Waals surface area contributed by atoms with Crippen molar-refractivity contribution >= 4 is 0 Å². The van der Waals surface area contributed by atoms with Gasteiger partial charge < -0.3 is 5.21 Å². The third-order valence-corrected chi connectivity index (χ3v) is 2.99. The summed E-state index contributed by atoms with van der Waals surface area (Å²) in [6.45, 7) is 3.11. The molecule has 88 valence electrons. The summed E-state index contributed by atoms with van der Waals surface area (Å²) >= 11 is 0. The number of nitrogens with one attached hydrogen (secondary N) is 1. The van der Waals surface area contributed by atoms with Gasteiger partial charge in [0.05, 0.1) is 0 Å². The van der Waals surface area contributed by atoms with E-state index in [1.54, 1.807) is 6.07 Å². The zero-order chi connectivity index (χ0) is 11.4. The highest BCUT2D eigenvalue weighted by atomic mass is 19.1. The van der Waals surface area contributed by atoms with Gasteiger partial charge in [0.15, 0.2) is 0 Å². The average Bonchev–Trinajstić information content (AvgIpc) is 2.75. The van der Waals surface area contributed by atoms with Crippen LogP contribution in [-0.2, 0) is 13.1 Å². The van der Waals surface area contributed by atoms with E-state index in [-0.39, 0.29) is 12.4 Å². The molecule has 0 unspecified atom stereocenters. The van der Waals surface area contributed by atoms with Gasteiger partial charge in [-0.1, -0.05) is 12.1 Å². The van der Waals surface area contributed by atoms with Crippen molar-refractivity contribution in [2.75, 3.05) is 13.1 Å². The normalized spacial score (nSPS) is 16.9. The quantitative estimate of drug-likeness (QED) is 0.767. The van der Waals surface area contributed by atoms with Crippen molar-refractivity contribution in [1.29, 1.82) is 0 Å². The van der Waals surface area contributed by atoms with E-state index in [0.717, 1.165) is 24.2 Å². The van der Waals surface area contributed by atoms with Gasteiger partial charge in [-0.15, -0.1) is 0 Å². The maximum atomic E-state index is 13.7. The van der Waals surface area contributed by atoms with Crippen LogP contribution in [-0.4, -0.2) is 23.2 Å². The molecule has 3 nitrogen and oxygen atoms in total. The molecule has 16 heavy (non-hydrogen) atoms. The lowest BCUT2D eigenvalue weighted by atomic mass is 10.1. The molecule has 0 aromatic heterocycles. The van der Waals surface area contributed by atoms with Gasteiger partial charge in [0.25, 0.3) is 0 Å². The van der Waals surface area contributed by atoms with E-state index >= 15 is 0 Å². The molecule has 1 heterocycles. The summed E-state index contributed by atoms with van der Waals surface area (Å²) in [7, 11) is 0. The number of halogens is 1. The molecular formula is C12H17FN2O. The van der Waals surface area contributed by atoms with Gasteiger partial charge >= 0.3 is 0 Å². The van der Waals surface area contributed by atoms with Crippen molar-refractivity contribution in [1.82, 2.24) is 10.4 Å². The first-order valence-electron chi connectivity index (χ1n) is 5.66. The van der Waals surface area contributed by atoms with Gasteiger partial charge in [-0.2, -0.15) is 0 Å². The summed E-state index contributed by atoms with van der Waals surface area (Å²) in [5, 5.41) is 8.53. The van der Waals surface area contributed by atoms with Crippen LogP contribution < -0.4 is 5.48 Å². The minimum Gasteiger partial charge on any atom is -0.316 e. The molecule has 2 N–H and O–H groups in total. The number of nitrogens with zero attached hydrogens (tertiary/aromatic N) is 1. The van der Waals surface area contributed by atoms with E-state index in [4.69, 9.17) is 5.21 Å². The summed E-state index contributed by atoms with van der Waals surface area (Å²) in [6, 6.07) is 5.13. The van der Waals surface area contributed by atoms with Crippen LogP contribution in [0.2, 0.25) is 0 Å². The summed E-state index contributed by atoms with van der Waals surface area (Å²) < 4.78 is 13.7. The number of hydrogen-bond acceptors (Lipinski definition) is 3. The summed E-state index contributed by atoms with van der Waals surface area (Å²) in [5.74, 6) is -0.181. The molecule has 1 aliphatic rings. The van der Waals surface area contributed by atoms with E-state index < -0.39 is 0 Å². The fourth-order valence-electron chi connectivity index (χ4n) is 2.10. The van der Waals surface area contributed by atoms with Gasteiger partial charge in [-0.25, -0.2) is 9.87 Å². The summed E-state index contributed by atoms with van der Waals surface area (Å²) in [4.78, 5) is 2.27. The van der Waals surface area contributed by atoms with Crippen LogP contribution >= 0.6 is 0 Å². The molecule has 0 amide bonds. The van der Waals surface area contributed by atoms with Gasteiger partial charge in [-0.05, 0) is 37.6 Å². The van der Waals surface area contributed by atoms with Crippen molar-refractivity contribution < 1.29 is 9.60 Å². The molecular weight excluding hydrogens is 207 g/mol. The molecule has 0 atom stereocenters. The Morgan fingerprint density at radius 1 is 1.31 bits per heavy atom. The number of likely N-dealkylation sites (tertiary alicyclic amines) is 1. The van der Waals surface area contributed by atoms with Crippen molar-refractivity contribution in [2.45, 2.75) is 25.9 Å². The van der Waals surface area contributed by atoms with Crippen LogP contribution in [0.15, 0.2) is 18.2 Å². The smallest absolute Gasteiger partial charge is 0.128 e. The van der Waals surface area contributed by atoms with Crippen LogP contribution in [0.25, 0.3) is 0 Å². The van der Waals surface area contributed by atoms with Crippen LogP contribution in [0.3, 0.4) is 0 Å².